The molecule has 9 nitrogen and oxygen atoms in total. The van der Waals surface area contributed by atoms with E-state index in [0.717, 1.165) is 27.9 Å². The standard InChI is InChI=1S/C39H30FN5O4S/c1-3-20-48-33-18-14-26(21-34(33)47-2)15-19-36-41-39-45(42-36)38(46)35(50-39)23-29-24-44(31-9-5-4-6-10-31)43-37(29)28-8-7-11-32(22-28)49-25-27-12-16-30(40)17-13-27/h3-19,21-24H,1,20,25H2,2H3/b19-15+,35-23-. The average Bonchev–Trinajstić information content (AvgIpc) is 3.84. The fourth-order valence-electron chi connectivity index (χ4n) is 5.20. The minimum Gasteiger partial charge on any atom is -0.493 e. The quantitative estimate of drug-likeness (QED) is 0.128. The number of halogens is 1. The van der Waals surface area contributed by atoms with Gasteiger partial charge in [0.2, 0.25) is 4.96 Å². The zero-order chi connectivity index (χ0) is 34.5. The highest BCUT2D eigenvalue weighted by Gasteiger charge is 2.15. The van der Waals surface area contributed by atoms with Gasteiger partial charge in [-0.2, -0.15) is 14.6 Å². The number of ether oxygens (including phenoxy) is 3. The Kier molecular flexibility index (Phi) is 9.30. The number of rotatable bonds is 12. The summed E-state index contributed by atoms with van der Waals surface area (Å²) in [7, 11) is 1.58. The summed E-state index contributed by atoms with van der Waals surface area (Å²) in [5, 5.41) is 9.37. The molecular formula is C39H30FN5O4S. The Morgan fingerprint density at radius 2 is 1.74 bits per heavy atom. The number of benzene rings is 4. The number of hydrogen-bond donors (Lipinski definition) is 0. The van der Waals surface area contributed by atoms with Gasteiger partial charge in [0.1, 0.15) is 30.5 Å². The van der Waals surface area contributed by atoms with Crippen molar-refractivity contribution in [3.8, 4) is 34.2 Å². The first-order valence-electron chi connectivity index (χ1n) is 15.6. The van der Waals surface area contributed by atoms with Crippen LogP contribution in [0.3, 0.4) is 0 Å². The number of thiazole rings is 1. The lowest BCUT2D eigenvalue weighted by Crippen LogP contribution is -2.23. The van der Waals surface area contributed by atoms with Gasteiger partial charge in [-0.3, -0.25) is 4.79 Å². The Labute approximate surface area is 290 Å². The van der Waals surface area contributed by atoms with Crippen molar-refractivity contribution in [2.45, 2.75) is 6.61 Å². The summed E-state index contributed by atoms with van der Waals surface area (Å²) < 4.78 is 34.0. The summed E-state index contributed by atoms with van der Waals surface area (Å²) in [6, 6.07) is 29.1. The molecule has 0 radical (unpaired) electrons. The highest BCUT2D eigenvalue weighted by molar-refractivity contribution is 7.15. The van der Waals surface area contributed by atoms with Crippen LogP contribution in [0.4, 0.5) is 4.39 Å². The van der Waals surface area contributed by atoms with Crippen molar-refractivity contribution >= 4 is 34.5 Å². The molecule has 248 valence electrons. The Hall–Kier alpha value is -6.33. The van der Waals surface area contributed by atoms with Crippen molar-refractivity contribution in [3.05, 3.63) is 159 Å². The van der Waals surface area contributed by atoms with Crippen LogP contribution in [0.25, 0.3) is 40.1 Å². The van der Waals surface area contributed by atoms with Crippen LogP contribution in [0, 0.1) is 5.82 Å². The van der Waals surface area contributed by atoms with Crippen LogP contribution < -0.4 is 24.3 Å². The normalized spacial score (nSPS) is 11.8. The molecule has 3 aromatic heterocycles. The number of nitrogens with zero attached hydrogens (tertiary/aromatic N) is 5. The molecular weight excluding hydrogens is 654 g/mol. The molecule has 0 aliphatic rings. The fourth-order valence-corrected chi connectivity index (χ4v) is 6.10. The molecule has 0 fully saturated rings. The highest BCUT2D eigenvalue weighted by Crippen LogP contribution is 2.30. The van der Waals surface area contributed by atoms with Gasteiger partial charge in [0, 0.05) is 17.3 Å². The molecule has 7 rings (SSSR count). The van der Waals surface area contributed by atoms with Crippen LogP contribution >= 0.6 is 11.3 Å². The number of hydrogen-bond acceptors (Lipinski definition) is 8. The molecule has 11 heteroatoms. The predicted octanol–water partition coefficient (Wildman–Crippen LogP) is 7.01. The van der Waals surface area contributed by atoms with Crippen LogP contribution in [-0.4, -0.2) is 38.1 Å². The van der Waals surface area contributed by atoms with Crippen LogP contribution in [0.2, 0.25) is 0 Å². The summed E-state index contributed by atoms with van der Waals surface area (Å²) in [6.07, 6.45) is 8.96. The Bertz CT molecular complexity index is 2430. The van der Waals surface area contributed by atoms with E-state index in [4.69, 9.17) is 19.3 Å². The molecule has 0 saturated carbocycles. The second kappa shape index (κ2) is 14.4. The van der Waals surface area contributed by atoms with Gasteiger partial charge in [-0.25, -0.2) is 9.07 Å². The number of methoxy groups -OCH3 is 1. The molecule has 0 saturated heterocycles. The maximum atomic E-state index is 13.6. The van der Waals surface area contributed by atoms with E-state index in [1.54, 1.807) is 36.1 Å². The number of aromatic nitrogens is 5. The summed E-state index contributed by atoms with van der Waals surface area (Å²) in [5.74, 6) is 1.95. The minimum absolute atomic E-state index is 0.280. The van der Waals surface area contributed by atoms with Gasteiger partial charge >= 0.3 is 0 Å². The number of para-hydroxylation sites is 1. The maximum Gasteiger partial charge on any atom is 0.291 e. The molecule has 0 N–H and O–H groups in total. The molecule has 0 spiro atoms. The van der Waals surface area contributed by atoms with Gasteiger partial charge < -0.3 is 14.2 Å². The van der Waals surface area contributed by atoms with E-state index in [9.17, 15) is 9.18 Å². The summed E-state index contributed by atoms with van der Waals surface area (Å²) >= 11 is 1.25. The first-order chi connectivity index (χ1) is 24.5. The SMILES string of the molecule is C=CCOc1ccc(/C=C/c2nc3s/c(=C\c4cn(-c5ccccc5)nc4-c4cccc(OCc5ccc(F)cc5)c4)c(=O)n3n2)cc1OC. The average molecular weight is 684 g/mol. The largest absolute Gasteiger partial charge is 0.493 e. The van der Waals surface area contributed by atoms with Crippen molar-refractivity contribution in [1.82, 2.24) is 24.4 Å². The third-order valence-electron chi connectivity index (χ3n) is 7.64. The Morgan fingerprint density at radius 3 is 2.52 bits per heavy atom. The van der Waals surface area contributed by atoms with Gasteiger partial charge in [0.05, 0.1) is 17.3 Å². The number of fused-ring (bicyclic) bond motifs is 1. The zero-order valence-corrected chi connectivity index (χ0v) is 27.7. The topological polar surface area (TPSA) is 92.8 Å². The molecule has 7 aromatic rings. The Balaban J connectivity index is 1.19. The van der Waals surface area contributed by atoms with Crippen molar-refractivity contribution in [3.63, 3.8) is 0 Å². The van der Waals surface area contributed by atoms with Gasteiger partial charge in [0.25, 0.3) is 5.56 Å². The zero-order valence-electron chi connectivity index (χ0n) is 26.9. The summed E-state index contributed by atoms with van der Waals surface area (Å²) in [5.41, 5.74) is 4.50. The van der Waals surface area contributed by atoms with Crippen LogP contribution in [-0.2, 0) is 6.61 Å². The summed E-state index contributed by atoms with van der Waals surface area (Å²) in [6.45, 7) is 4.33. The molecule has 0 amide bonds. The molecule has 0 unspecified atom stereocenters. The van der Waals surface area contributed by atoms with Crippen LogP contribution in [0.1, 0.15) is 22.5 Å². The monoisotopic (exact) mass is 683 g/mol. The van der Waals surface area contributed by atoms with E-state index in [1.807, 2.05) is 91.1 Å². The van der Waals surface area contributed by atoms with Crippen molar-refractivity contribution in [1.29, 1.82) is 0 Å². The molecule has 0 aliphatic heterocycles. The lowest BCUT2D eigenvalue weighted by Gasteiger charge is -2.09. The van der Waals surface area contributed by atoms with Crippen molar-refractivity contribution < 1.29 is 18.6 Å². The molecule has 0 bridgehead atoms. The molecule has 4 aromatic carbocycles. The van der Waals surface area contributed by atoms with Gasteiger partial charge in [-0.1, -0.05) is 78.6 Å². The Morgan fingerprint density at radius 1 is 0.900 bits per heavy atom. The van der Waals surface area contributed by atoms with E-state index in [2.05, 4.69) is 16.7 Å². The van der Waals surface area contributed by atoms with E-state index >= 15 is 0 Å². The minimum atomic E-state index is -0.295. The summed E-state index contributed by atoms with van der Waals surface area (Å²) in [4.78, 5) is 18.6. The van der Waals surface area contributed by atoms with E-state index < -0.39 is 0 Å². The first-order valence-corrected chi connectivity index (χ1v) is 16.4. The lowest BCUT2D eigenvalue weighted by atomic mass is 10.1. The second-order valence-electron chi connectivity index (χ2n) is 11.1. The highest BCUT2D eigenvalue weighted by atomic mass is 32.1. The van der Waals surface area contributed by atoms with Crippen LogP contribution in [0.15, 0.2) is 121 Å². The fraction of sp³-hybridized carbons (Fsp3) is 0.0769. The van der Waals surface area contributed by atoms with E-state index in [-0.39, 0.29) is 18.0 Å². The predicted molar refractivity (Wildman–Crippen MR) is 193 cm³/mol. The van der Waals surface area contributed by atoms with Gasteiger partial charge in [0.15, 0.2) is 17.3 Å². The van der Waals surface area contributed by atoms with Gasteiger partial charge in [-0.15, -0.1) is 5.10 Å². The van der Waals surface area contributed by atoms with Gasteiger partial charge in [-0.05, 0) is 71.8 Å². The molecule has 3 heterocycles. The maximum absolute atomic E-state index is 13.6. The smallest absolute Gasteiger partial charge is 0.291 e. The lowest BCUT2D eigenvalue weighted by molar-refractivity contribution is 0.306. The molecule has 0 aliphatic carbocycles. The van der Waals surface area contributed by atoms with E-state index in [0.29, 0.717) is 44.9 Å². The second-order valence-corrected chi connectivity index (χ2v) is 12.1. The molecule has 0 atom stereocenters. The van der Waals surface area contributed by atoms with Crippen LogP contribution in [0.5, 0.6) is 17.2 Å². The molecule has 50 heavy (non-hydrogen) atoms. The third kappa shape index (κ3) is 7.08. The van der Waals surface area contributed by atoms with Crippen molar-refractivity contribution in [2.24, 2.45) is 0 Å². The van der Waals surface area contributed by atoms with Crippen molar-refractivity contribution in [2.75, 3.05) is 13.7 Å². The third-order valence-corrected chi connectivity index (χ3v) is 8.60. The van der Waals surface area contributed by atoms with E-state index in [1.165, 1.54) is 28.0 Å². The first kappa shape index (κ1) is 32.2.